The van der Waals surface area contributed by atoms with Crippen LogP contribution in [-0.2, 0) is 17.5 Å². The second kappa shape index (κ2) is 7.62. The van der Waals surface area contributed by atoms with Gasteiger partial charge in [-0.15, -0.1) is 0 Å². The van der Waals surface area contributed by atoms with E-state index in [1.54, 1.807) is 6.26 Å². The fraction of sp³-hybridized carbons (Fsp3) is 0.667. The van der Waals surface area contributed by atoms with E-state index < -0.39 is 8.32 Å². The van der Waals surface area contributed by atoms with Crippen LogP contribution < -0.4 is 0 Å². The van der Waals surface area contributed by atoms with E-state index in [4.69, 9.17) is 8.84 Å². The van der Waals surface area contributed by atoms with Gasteiger partial charge in [-0.05, 0) is 43.5 Å². The Morgan fingerprint density at radius 1 is 1.41 bits per heavy atom. The molecule has 0 unspecified atom stereocenters. The Labute approximate surface area is 136 Å². The van der Waals surface area contributed by atoms with Gasteiger partial charge in [-0.25, -0.2) is 0 Å². The highest BCUT2D eigenvalue weighted by atomic mass is 28.4. The van der Waals surface area contributed by atoms with E-state index in [0.29, 0.717) is 6.61 Å². The van der Waals surface area contributed by atoms with Crippen LogP contribution >= 0.6 is 0 Å². The Morgan fingerprint density at radius 2 is 2.05 bits per heavy atom. The normalized spacial score (nSPS) is 14.1. The molecule has 0 fully saturated rings. The van der Waals surface area contributed by atoms with Crippen molar-refractivity contribution in [2.75, 3.05) is 6.61 Å². The van der Waals surface area contributed by atoms with E-state index in [2.05, 4.69) is 40.4 Å². The lowest BCUT2D eigenvalue weighted by atomic mass is 9.92. The number of furan rings is 1. The van der Waals surface area contributed by atoms with Crippen molar-refractivity contribution in [3.63, 3.8) is 0 Å². The molecule has 4 heteroatoms. The highest BCUT2D eigenvalue weighted by Gasteiger charge is 2.37. The summed E-state index contributed by atoms with van der Waals surface area (Å²) in [6.07, 6.45) is 3.23. The Morgan fingerprint density at radius 3 is 2.55 bits per heavy atom. The van der Waals surface area contributed by atoms with Gasteiger partial charge in [0.1, 0.15) is 5.76 Å². The fourth-order valence-electron chi connectivity index (χ4n) is 2.05. The van der Waals surface area contributed by atoms with Gasteiger partial charge in [-0.3, -0.25) is 0 Å². The predicted octanol–water partition coefficient (Wildman–Crippen LogP) is 4.92. The maximum Gasteiger partial charge on any atom is 0.192 e. The van der Waals surface area contributed by atoms with Crippen LogP contribution in [0.3, 0.4) is 0 Å². The molecule has 0 saturated carbocycles. The monoisotopic (exact) mass is 324 g/mol. The van der Waals surface area contributed by atoms with E-state index in [1.165, 1.54) is 0 Å². The summed E-state index contributed by atoms with van der Waals surface area (Å²) in [4.78, 5) is 0. The predicted molar refractivity (Wildman–Crippen MR) is 94.4 cm³/mol. The number of aliphatic hydroxyl groups excluding tert-OH is 1. The minimum Gasteiger partial charge on any atom is -0.469 e. The summed E-state index contributed by atoms with van der Waals surface area (Å²) < 4.78 is 11.9. The van der Waals surface area contributed by atoms with Crippen molar-refractivity contribution in [2.24, 2.45) is 5.92 Å². The maximum atomic E-state index is 9.19. The van der Waals surface area contributed by atoms with Gasteiger partial charge in [-0.2, -0.15) is 0 Å². The van der Waals surface area contributed by atoms with Gasteiger partial charge in [-0.1, -0.05) is 32.9 Å². The fourth-order valence-corrected chi connectivity index (χ4v) is 3.00. The minimum atomic E-state index is -1.76. The smallest absolute Gasteiger partial charge is 0.192 e. The van der Waals surface area contributed by atoms with Crippen LogP contribution in [0.1, 0.15) is 45.4 Å². The van der Waals surface area contributed by atoms with Crippen molar-refractivity contribution in [3.8, 4) is 0 Å². The van der Waals surface area contributed by atoms with Gasteiger partial charge in [0.2, 0.25) is 0 Å². The van der Waals surface area contributed by atoms with Gasteiger partial charge < -0.3 is 13.9 Å². The molecule has 0 spiro atoms. The minimum absolute atomic E-state index is 0.175. The first kappa shape index (κ1) is 19.2. The first-order chi connectivity index (χ1) is 10.1. The zero-order chi connectivity index (χ0) is 17.0. The standard InChI is InChI=1S/C18H32O3Si/c1-14(2)15(8-10-19)12-17-16(9-11-20-17)13-21-22(6,7)18(3,4)5/h9,11,15,19H,1,8,10,12-13H2,2-7H3/t15-/m0/s1. The van der Waals surface area contributed by atoms with Crippen molar-refractivity contribution in [1.29, 1.82) is 0 Å². The van der Waals surface area contributed by atoms with Gasteiger partial charge in [0.25, 0.3) is 0 Å². The van der Waals surface area contributed by atoms with E-state index in [0.717, 1.165) is 29.7 Å². The zero-order valence-corrected chi connectivity index (χ0v) is 16.0. The molecule has 0 amide bonds. The molecule has 1 atom stereocenters. The molecule has 1 rings (SSSR count). The van der Waals surface area contributed by atoms with E-state index in [9.17, 15) is 5.11 Å². The van der Waals surface area contributed by atoms with Crippen LogP contribution in [-0.4, -0.2) is 20.0 Å². The first-order valence-corrected chi connectivity index (χ1v) is 10.9. The molecule has 0 aliphatic heterocycles. The Bertz CT molecular complexity index is 483. The van der Waals surface area contributed by atoms with Crippen LogP contribution in [0.25, 0.3) is 0 Å². The van der Waals surface area contributed by atoms with Crippen molar-refractivity contribution in [3.05, 3.63) is 35.8 Å². The lowest BCUT2D eigenvalue weighted by Crippen LogP contribution is -2.40. The summed E-state index contributed by atoms with van der Waals surface area (Å²) >= 11 is 0. The van der Waals surface area contributed by atoms with E-state index >= 15 is 0 Å². The molecule has 22 heavy (non-hydrogen) atoms. The summed E-state index contributed by atoms with van der Waals surface area (Å²) in [5, 5.41) is 9.39. The number of aliphatic hydroxyl groups is 1. The Balaban J connectivity index is 2.75. The third kappa shape index (κ3) is 5.11. The van der Waals surface area contributed by atoms with Gasteiger partial charge in [0.15, 0.2) is 8.32 Å². The molecule has 0 saturated heterocycles. The molecule has 126 valence electrons. The van der Waals surface area contributed by atoms with Crippen LogP contribution in [0.5, 0.6) is 0 Å². The van der Waals surface area contributed by atoms with Gasteiger partial charge in [0, 0.05) is 18.6 Å². The van der Waals surface area contributed by atoms with Gasteiger partial charge in [0.05, 0.1) is 12.9 Å². The summed E-state index contributed by atoms with van der Waals surface area (Å²) in [5.41, 5.74) is 2.20. The van der Waals surface area contributed by atoms with E-state index in [-0.39, 0.29) is 17.6 Å². The summed E-state index contributed by atoms with van der Waals surface area (Å²) in [6, 6.07) is 2.00. The number of hydrogen-bond acceptors (Lipinski definition) is 3. The summed E-state index contributed by atoms with van der Waals surface area (Å²) in [6.45, 7) is 18.1. The molecule has 0 aliphatic carbocycles. The van der Waals surface area contributed by atoms with Crippen LogP contribution in [0.4, 0.5) is 0 Å². The molecule has 1 aromatic heterocycles. The summed E-state index contributed by atoms with van der Waals surface area (Å²) in [5.74, 6) is 1.21. The van der Waals surface area contributed by atoms with Crippen LogP contribution in [0.15, 0.2) is 28.9 Å². The Kier molecular flexibility index (Phi) is 6.65. The molecular weight excluding hydrogens is 292 g/mol. The molecule has 1 aromatic rings. The maximum absolute atomic E-state index is 9.19. The zero-order valence-electron chi connectivity index (χ0n) is 15.0. The van der Waals surface area contributed by atoms with Crippen molar-refractivity contribution in [1.82, 2.24) is 0 Å². The highest BCUT2D eigenvalue weighted by Crippen LogP contribution is 2.37. The average Bonchev–Trinajstić information content (AvgIpc) is 2.82. The van der Waals surface area contributed by atoms with Crippen molar-refractivity contribution >= 4 is 8.32 Å². The van der Waals surface area contributed by atoms with Crippen molar-refractivity contribution in [2.45, 2.75) is 65.3 Å². The molecular formula is C18H32O3Si. The molecule has 3 nitrogen and oxygen atoms in total. The second-order valence-electron chi connectivity index (χ2n) is 7.68. The lowest BCUT2D eigenvalue weighted by molar-refractivity contribution is 0.259. The topological polar surface area (TPSA) is 42.6 Å². The Hall–Kier alpha value is -0.843. The second-order valence-corrected chi connectivity index (χ2v) is 12.5. The largest absolute Gasteiger partial charge is 0.469 e. The third-order valence-electron chi connectivity index (χ3n) is 4.84. The molecule has 1 heterocycles. The number of hydrogen-bond donors (Lipinski definition) is 1. The molecule has 0 bridgehead atoms. The van der Waals surface area contributed by atoms with Crippen LogP contribution in [0, 0.1) is 5.92 Å². The molecule has 1 N–H and O–H groups in total. The SMILES string of the molecule is C=C(C)[C@@H](CCO)Cc1occc1CO[Si](C)(C)C(C)(C)C. The lowest BCUT2D eigenvalue weighted by Gasteiger charge is -2.36. The number of allylic oxidation sites excluding steroid dienone is 1. The van der Waals surface area contributed by atoms with Gasteiger partial charge >= 0.3 is 0 Å². The highest BCUT2D eigenvalue weighted by molar-refractivity contribution is 6.74. The quantitative estimate of drug-likeness (QED) is 0.545. The van der Waals surface area contributed by atoms with E-state index in [1.807, 2.05) is 13.0 Å². The first-order valence-electron chi connectivity index (χ1n) is 8.04. The molecule has 0 aromatic carbocycles. The molecule has 0 radical (unpaired) electrons. The third-order valence-corrected chi connectivity index (χ3v) is 9.32. The number of rotatable bonds is 8. The summed E-state index contributed by atoms with van der Waals surface area (Å²) in [7, 11) is -1.76. The van der Waals surface area contributed by atoms with Crippen molar-refractivity contribution < 1.29 is 13.9 Å². The molecule has 0 aliphatic rings. The average molecular weight is 325 g/mol. The van der Waals surface area contributed by atoms with Crippen LogP contribution in [0.2, 0.25) is 18.1 Å².